The lowest BCUT2D eigenvalue weighted by Crippen LogP contribution is -2.36. The lowest BCUT2D eigenvalue weighted by atomic mass is 10.0. The second-order valence-corrected chi connectivity index (χ2v) is 4.55. The third kappa shape index (κ3) is 2.36. The molecule has 1 heterocycles. The Balaban J connectivity index is 2.19. The Bertz CT molecular complexity index is 357. The summed E-state index contributed by atoms with van der Waals surface area (Å²) >= 11 is 0. The lowest BCUT2D eigenvalue weighted by Gasteiger charge is -2.33. The predicted molar refractivity (Wildman–Crippen MR) is 66.5 cm³/mol. The Morgan fingerprint density at radius 1 is 1.38 bits per heavy atom. The van der Waals surface area contributed by atoms with E-state index in [2.05, 4.69) is 30.0 Å². The molecular weight excluding hydrogens is 200 g/mol. The number of nitrogens with zero attached hydrogens (tertiary/aromatic N) is 1. The van der Waals surface area contributed by atoms with Gasteiger partial charge in [0.25, 0.3) is 0 Å². The molecule has 0 aliphatic carbocycles. The summed E-state index contributed by atoms with van der Waals surface area (Å²) in [4.78, 5) is 2.33. The quantitative estimate of drug-likeness (QED) is 0.792. The van der Waals surface area contributed by atoms with Crippen LogP contribution in [0.5, 0.6) is 0 Å². The maximum absolute atomic E-state index is 9.49. The van der Waals surface area contributed by atoms with Gasteiger partial charge in [-0.25, -0.2) is 0 Å². The molecule has 1 aliphatic heterocycles. The first kappa shape index (κ1) is 11.4. The van der Waals surface area contributed by atoms with Crippen LogP contribution in [0.3, 0.4) is 0 Å². The summed E-state index contributed by atoms with van der Waals surface area (Å²) in [7, 11) is 0. The molecule has 0 amide bonds. The van der Waals surface area contributed by atoms with Crippen molar-refractivity contribution in [2.24, 2.45) is 5.73 Å². The van der Waals surface area contributed by atoms with Crippen LogP contribution in [0.4, 0.5) is 5.69 Å². The minimum atomic E-state index is -0.122. The summed E-state index contributed by atoms with van der Waals surface area (Å²) < 4.78 is 0. The molecule has 16 heavy (non-hydrogen) atoms. The predicted octanol–water partition coefficient (Wildman–Crippen LogP) is 1.41. The molecule has 0 radical (unpaired) electrons. The van der Waals surface area contributed by atoms with Crippen molar-refractivity contribution in [3.63, 3.8) is 0 Å². The maximum atomic E-state index is 9.49. The van der Waals surface area contributed by atoms with E-state index in [1.54, 1.807) is 0 Å². The van der Waals surface area contributed by atoms with E-state index in [0.29, 0.717) is 6.54 Å². The number of anilines is 1. The minimum absolute atomic E-state index is 0.122. The number of hydrogen-bond acceptors (Lipinski definition) is 3. The number of nitrogens with two attached hydrogens (primary N) is 1. The third-order valence-electron chi connectivity index (χ3n) is 3.26. The second-order valence-electron chi connectivity index (χ2n) is 4.55. The molecule has 0 saturated carbocycles. The van der Waals surface area contributed by atoms with Gasteiger partial charge in [-0.15, -0.1) is 0 Å². The molecule has 1 aliphatic rings. The van der Waals surface area contributed by atoms with E-state index in [0.717, 1.165) is 25.9 Å². The molecular formula is C13H20N2O. The van der Waals surface area contributed by atoms with Crippen molar-refractivity contribution in [1.29, 1.82) is 0 Å². The topological polar surface area (TPSA) is 49.5 Å². The van der Waals surface area contributed by atoms with Crippen molar-refractivity contribution >= 4 is 5.69 Å². The number of hydrogen-bond donors (Lipinski definition) is 2. The molecule has 0 atom stereocenters. The van der Waals surface area contributed by atoms with Gasteiger partial charge in [0.05, 0.1) is 6.10 Å². The van der Waals surface area contributed by atoms with E-state index < -0.39 is 0 Å². The lowest BCUT2D eigenvalue weighted by molar-refractivity contribution is 0.145. The molecule has 3 nitrogen and oxygen atoms in total. The average Bonchev–Trinajstić information content (AvgIpc) is 2.30. The van der Waals surface area contributed by atoms with Gasteiger partial charge in [-0.3, -0.25) is 0 Å². The van der Waals surface area contributed by atoms with E-state index in [1.807, 2.05) is 0 Å². The largest absolute Gasteiger partial charge is 0.393 e. The summed E-state index contributed by atoms with van der Waals surface area (Å²) in [6.45, 7) is 4.52. The van der Waals surface area contributed by atoms with E-state index in [9.17, 15) is 5.11 Å². The molecule has 1 aromatic carbocycles. The average molecular weight is 220 g/mol. The number of piperidine rings is 1. The zero-order chi connectivity index (χ0) is 11.5. The molecule has 1 fully saturated rings. The van der Waals surface area contributed by atoms with Crippen LogP contribution in [0.1, 0.15) is 24.0 Å². The normalized spacial score (nSPS) is 17.8. The fraction of sp³-hybridized carbons (Fsp3) is 0.538. The van der Waals surface area contributed by atoms with Crippen molar-refractivity contribution in [3.8, 4) is 0 Å². The molecule has 88 valence electrons. The number of aliphatic hydroxyl groups excluding tert-OH is 1. The Morgan fingerprint density at radius 2 is 2.06 bits per heavy atom. The van der Waals surface area contributed by atoms with Crippen LogP contribution in [0.25, 0.3) is 0 Å². The van der Waals surface area contributed by atoms with Crippen LogP contribution < -0.4 is 10.6 Å². The zero-order valence-electron chi connectivity index (χ0n) is 9.82. The minimum Gasteiger partial charge on any atom is -0.393 e. The molecule has 3 N–H and O–H groups in total. The standard InChI is InChI=1S/C13H20N2O/c1-10-2-3-13(11(8-10)9-14)15-6-4-12(16)5-7-15/h2-3,8,12,16H,4-7,9,14H2,1H3. The Morgan fingerprint density at radius 3 is 2.69 bits per heavy atom. The van der Waals surface area contributed by atoms with Crippen molar-refractivity contribution in [2.45, 2.75) is 32.4 Å². The highest BCUT2D eigenvalue weighted by molar-refractivity contribution is 5.55. The molecule has 0 spiro atoms. The van der Waals surface area contributed by atoms with Crippen LogP contribution >= 0.6 is 0 Å². The Hall–Kier alpha value is -1.06. The summed E-state index contributed by atoms with van der Waals surface area (Å²) in [6.07, 6.45) is 1.60. The van der Waals surface area contributed by atoms with Crippen molar-refractivity contribution < 1.29 is 5.11 Å². The van der Waals surface area contributed by atoms with Crippen LogP contribution in [-0.4, -0.2) is 24.3 Å². The van der Waals surface area contributed by atoms with Gasteiger partial charge in [0.2, 0.25) is 0 Å². The molecule has 0 unspecified atom stereocenters. The van der Waals surface area contributed by atoms with E-state index in [4.69, 9.17) is 5.73 Å². The van der Waals surface area contributed by atoms with Gasteiger partial charge in [-0.1, -0.05) is 17.7 Å². The maximum Gasteiger partial charge on any atom is 0.0574 e. The zero-order valence-corrected chi connectivity index (χ0v) is 9.82. The van der Waals surface area contributed by atoms with Gasteiger partial charge in [-0.2, -0.15) is 0 Å². The highest BCUT2D eigenvalue weighted by Crippen LogP contribution is 2.25. The van der Waals surface area contributed by atoms with Crippen molar-refractivity contribution in [1.82, 2.24) is 0 Å². The fourth-order valence-corrected chi connectivity index (χ4v) is 2.29. The second kappa shape index (κ2) is 4.85. The molecule has 2 rings (SSSR count). The first-order valence-corrected chi connectivity index (χ1v) is 5.93. The van der Waals surface area contributed by atoms with E-state index in [-0.39, 0.29) is 6.10 Å². The Labute approximate surface area is 96.9 Å². The van der Waals surface area contributed by atoms with Crippen LogP contribution in [0, 0.1) is 6.92 Å². The number of benzene rings is 1. The van der Waals surface area contributed by atoms with E-state index in [1.165, 1.54) is 16.8 Å². The van der Waals surface area contributed by atoms with Gasteiger partial charge in [0.1, 0.15) is 0 Å². The van der Waals surface area contributed by atoms with Crippen molar-refractivity contribution in [2.75, 3.05) is 18.0 Å². The number of aryl methyl sites for hydroxylation is 1. The van der Waals surface area contributed by atoms with Gasteiger partial charge >= 0.3 is 0 Å². The van der Waals surface area contributed by atoms with Crippen molar-refractivity contribution in [3.05, 3.63) is 29.3 Å². The van der Waals surface area contributed by atoms with Gasteiger partial charge in [-0.05, 0) is 31.4 Å². The number of rotatable bonds is 2. The molecule has 3 heteroatoms. The van der Waals surface area contributed by atoms with Gasteiger partial charge in [0, 0.05) is 25.3 Å². The van der Waals surface area contributed by atoms with Gasteiger partial charge < -0.3 is 15.7 Å². The molecule has 1 saturated heterocycles. The number of aliphatic hydroxyl groups is 1. The fourth-order valence-electron chi connectivity index (χ4n) is 2.29. The highest BCUT2D eigenvalue weighted by atomic mass is 16.3. The summed E-state index contributed by atoms with van der Waals surface area (Å²) in [5, 5.41) is 9.49. The molecule has 0 bridgehead atoms. The monoisotopic (exact) mass is 220 g/mol. The van der Waals surface area contributed by atoms with E-state index >= 15 is 0 Å². The van der Waals surface area contributed by atoms with Crippen LogP contribution in [0.15, 0.2) is 18.2 Å². The van der Waals surface area contributed by atoms with Gasteiger partial charge in [0.15, 0.2) is 0 Å². The summed E-state index contributed by atoms with van der Waals surface area (Å²) in [5.41, 5.74) is 9.47. The summed E-state index contributed by atoms with van der Waals surface area (Å²) in [5.74, 6) is 0. The van der Waals surface area contributed by atoms with Crippen LogP contribution in [0.2, 0.25) is 0 Å². The highest BCUT2D eigenvalue weighted by Gasteiger charge is 2.18. The summed E-state index contributed by atoms with van der Waals surface area (Å²) in [6, 6.07) is 6.43. The molecule has 0 aromatic heterocycles. The first-order chi connectivity index (χ1) is 7.70. The third-order valence-corrected chi connectivity index (χ3v) is 3.26. The van der Waals surface area contributed by atoms with Crippen LogP contribution in [-0.2, 0) is 6.54 Å². The molecule has 1 aromatic rings. The Kier molecular flexibility index (Phi) is 3.46. The SMILES string of the molecule is Cc1ccc(N2CCC(O)CC2)c(CN)c1. The smallest absolute Gasteiger partial charge is 0.0574 e. The first-order valence-electron chi connectivity index (χ1n) is 5.93.